The molecule has 0 bridgehead atoms. The van der Waals surface area contributed by atoms with Gasteiger partial charge >= 0.3 is 5.97 Å². The first kappa shape index (κ1) is 28.2. The summed E-state index contributed by atoms with van der Waals surface area (Å²) in [5, 5.41) is 0. The fraction of sp³-hybridized carbons (Fsp3) is 0.885. The predicted octanol–water partition coefficient (Wildman–Crippen LogP) is 8.02. The Hall–Kier alpha value is -0.830. The van der Waals surface area contributed by atoms with Crippen LogP contribution in [-0.2, 0) is 14.3 Å². The highest BCUT2D eigenvalue weighted by atomic mass is 16.5. The molecule has 0 aliphatic carbocycles. The number of unbranched alkanes of at least 4 members (excludes halogenated alkanes) is 11. The van der Waals surface area contributed by atoms with Gasteiger partial charge < -0.3 is 9.47 Å². The van der Waals surface area contributed by atoms with Gasteiger partial charge in [0, 0.05) is 11.8 Å². The highest BCUT2D eigenvalue weighted by Crippen LogP contribution is 2.18. The summed E-state index contributed by atoms with van der Waals surface area (Å²) >= 11 is 0. The summed E-state index contributed by atoms with van der Waals surface area (Å²) in [4.78, 5) is 11.9. The quantitative estimate of drug-likeness (QED) is 0.116. The standard InChI is InChI=1S/C26H50O3/c1-6-7-8-9-10-11-12-13-14-15-16-17-18-19-20-21-25(27)29-23-26(4,5)22-28-24(2)3/h13-14,24H,6-12,15-23H2,1-5H3/b14-13-. The maximum Gasteiger partial charge on any atom is 0.305 e. The summed E-state index contributed by atoms with van der Waals surface area (Å²) in [5.74, 6) is -0.0692. The van der Waals surface area contributed by atoms with Crippen LogP contribution in [0.3, 0.4) is 0 Å². The van der Waals surface area contributed by atoms with E-state index in [0.717, 1.165) is 12.8 Å². The van der Waals surface area contributed by atoms with E-state index in [0.29, 0.717) is 19.6 Å². The first-order valence-electron chi connectivity index (χ1n) is 12.3. The first-order chi connectivity index (χ1) is 13.9. The molecule has 0 radical (unpaired) electrons. The van der Waals surface area contributed by atoms with E-state index in [1.165, 1.54) is 70.6 Å². The second kappa shape index (κ2) is 19.2. The molecule has 29 heavy (non-hydrogen) atoms. The molecule has 0 saturated heterocycles. The third-order valence-electron chi connectivity index (χ3n) is 5.07. The third-order valence-corrected chi connectivity index (χ3v) is 5.07. The van der Waals surface area contributed by atoms with Gasteiger partial charge in [-0.2, -0.15) is 0 Å². The minimum absolute atomic E-state index is 0.0692. The molecule has 0 atom stereocenters. The van der Waals surface area contributed by atoms with E-state index in [-0.39, 0.29) is 17.5 Å². The van der Waals surface area contributed by atoms with E-state index in [1.807, 2.05) is 13.8 Å². The smallest absolute Gasteiger partial charge is 0.305 e. The van der Waals surface area contributed by atoms with Crippen molar-refractivity contribution in [3.63, 3.8) is 0 Å². The molecule has 0 spiro atoms. The summed E-state index contributed by atoms with van der Waals surface area (Å²) in [6.45, 7) is 11.5. The molecule has 0 aromatic heterocycles. The average molecular weight is 411 g/mol. The Morgan fingerprint density at radius 1 is 0.793 bits per heavy atom. The molecular weight excluding hydrogens is 360 g/mol. The SMILES string of the molecule is CCCCCCCC/C=C\CCCCCCCC(=O)OCC(C)(C)COC(C)C. The van der Waals surface area contributed by atoms with Crippen LogP contribution in [-0.4, -0.2) is 25.3 Å². The zero-order chi connectivity index (χ0) is 21.8. The summed E-state index contributed by atoms with van der Waals surface area (Å²) in [6.07, 6.45) is 22.0. The van der Waals surface area contributed by atoms with Crippen LogP contribution in [0, 0.1) is 5.41 Å². The van der Waals surface area contributed by atoms with Gasteiger partial charge in [-0.1, -0.05) is 84.3 Å². The number of esters is 1. The molecule has 0 aliphatic heterocycles. The van der Waals surface area contributed by atoms with Crippen molar-refractivity contribution in [2.24, 2.45) is 5.41 Å². The van der Waals surface area contributed by atoms with Crippen molar-refractivity contribution in [2.45, 2.75) is 131 Å². The molecular formula is C26H50O3. The Bertz CT molecular complexity index is 399. The van der Waals surface area contributed by atoms with E-state index in [4.69, 9.17) is 9.47 Å². The lowest BCUT2D eigenvalue weighted by Gasteiger charge is -2.25. The van der Waals surface area contributed by atoms with Gasteiger partial charge in [-0.3, -0.25) is 4.79 Å². The van der Waals surface area contributed by atoms with Crippen molar-refractivity contribution in [3.8, 4) is 0 Å². The van der Waals surface area contributed by atoms with Gasteiger partial charge in [0.1, 0.15) is 0 Å². The third kappa shape index (κ3) is 21.7. The lowest BCUT2D eigenvalue weighted by atomic mass is 9.96. The van der Waals surface area contributed by atoms with Crippen molar-refractivity contribution in [1.82, 2.24) is 0 Å². The highest BCUT2D eigenvalue weighted by molar-refractivity contribution is 5.69. The van der Waals surface area contributed by atoms with E-state index in [1.54, 1.807) is 0 Å². The Balaban J connectivity index is 3.43. The minimum atomic E-state index is -0.123. The van der Waals surface area contributed by atoms with Crippen LogP contribution in [0.4, 0.5) is 0 Å². The zero-order valence-corrected chi connectivity index (χ0v) is 20.3. The van der Waals surface area contributed by atoms with Gasteiger partial charge in [0.15, 0.2) is 0 Å². The van der Waals surface area contributed by atoms with E-state index in [9.17, 15) is 4.79 Å². The molecule has 0 aliphatic rings. The van der Waals surface area contributed by atoms with Crippen LogP contribution >= 0.6 is 0 Å². The average Bonchev–Trinajstić information content (AvgIpc) is 2.68. The number of carbonyl (C=O) groups excluding carboxylic acids is 1. The largest absolute Gasteiger partial charge is 0.465 e. The first-order valence-corrected chi connectivity index (χ1v) is 12.3. The Morgan fingerprint density at radius 3 is 1.86 bits per heavy atom. The second-order valence-corrected chi connectivity index (χ2v) is 9.52. The van der Waals surface area contributed by atoms with Crippen LogP contribution in [0.25, 0.3) is 0 Å². The van der Waals surface area contributed by atoms with Gasteiger partial charge in [-0.15, -0.1) is 0 Å². The molecule has 0 N–H and O–H groups in total. The van der Waals surface area contributed by atoms with Crippen LogP contribution in [0.1, 0.15) is 125 Å². The lowest BCUT2D eigenvalue weighted by Crippen LogP contribution is -2.28. The van der Waals surface area contributed by atoms with Crippen molar-refractivity contribution >= 4 is 5.97 Å². The van der Waals surface area contributed by atoms with Crippen molar-refractivity contribution in [3.05, 3.63) is 12.2 Å². The minimum Gasteiger partial charge on any atom is -0.465 e. The molecule has 0 saturated carbocycles. The van der Waals surface area contributed by atoms with Crippen LogP contribution in [0.2, 0.25) is 0 Å². The molecule has 0 rings (SSSR count). The van der Waals surface area contributed by atoms with Crippen molar-refractivity contribution in [1.29, 1.82) is 0 Å². The molecule has 0 unspecified atom stereocenters. The summed E-state index contributed by atoms with van der Waals surface area (Å²) in [7, 11) is 0. The number of allylic oxidation sites excluding steroid dienone is 2. The number of hydrogen-bond donors (Lipinski definition) is 0. The van der Waals surface area contributed by atoms with Gasteiger partial charge in [-0.05, 0) is 46.0 Å². The topological polar surface area (TPSA) is 35.5 Å². The summed E-state index contributed by atoms with van der Waals surface area (Å²) < 4.78 is 11.1. The molecule has 0 fully saturated rings. The molecule has 0 aromatic carbocycles. The lowest BCUT2D eigenvalue weighted by molar-refractivity contribution is -0.148. The van der Waals surface area contributed by atoms with Crippen LogP contribution in [0.15, 0.2) is 12.2 Å². The molecule has 3 heteroatoms. The normalized spacial score (nSPS) is 12.2. The van der Waals surface area contributed by atoms with Crippen LogP contribution < -0.4 is 0 Å². The van der Waals surface area contributed by atoms with E-state index in [2.05, 4.69) is 32.9 Å². The number of carbonyl (C=O) groups is 1. The molecule has 0 heterocycles. The van der Waals surface area contributed by atoms with Crippen molar-refractivity contribution < 1.29 is 14.3 Å². The Labute approximate surface area is 182 Å². The number of ether oxygens (including phenoxy) is 2. The van der Waals surface area contributed by atoms with Gasteiger partial charge in [-0.25, -0.2) is 0 Å². The monoisotopic (exact) mass is 410 g/mol. The fourth-order valence-electron chi connectivity index (χ4n) is 3.12. The van der Waals surface area contributed by atoms with Gasteiger partial charge in [0.2, 0.25) is 0 Å². The molecule has 3 nitrogen and oxygen atoms in total. The van der Waals surface area contributed by atoms with E-state index >= 15 is 0 Å². The maximum absolute atomic E-state index is 11.9. The number of rotatable bonds is 20. The fourth-order valence-corrected chi connectivity index (χ4v) is 3.12. The Morgan fingerprint density at radius 2 is 1.31 bits per heavy atom. The molecule has 0 aromatic rings. The summed E-state index contributed by atoms with van der Waals surface area (Å²) in [6, 6.07) is 0. The highest BCUT2D eigenvalue weighted by Gasteiger charge is 2.21. The van der Waals surface area contributed by atoms with E-state index < -0.39 is 0 Å². The van der Waals surface area contributed by atoms with Crippen LogP contribution in [0.5, 0.6) is 0 Å². The van der Waals surface area contributed by atoms with Gasteiger partial charge in [0.25, 0.3) is 0 Å². The predicted molar refractivity (Wildman–Crippen MR) is 125 cm³/mol. The second-order valence-electron chi connectivity index (χ2n) is 9.52. The zero-order valence-electron chi connectivity index (χ0n) is 20.3. The van der Waals surface area contributed by atoms with Crippen molar-refractivity contribution in [2.75, 3.05) is 13.2 Å². The molecule has 172 valence electrons. The summed E-state index contributed by atoms with van der Waals surface area (Å²) in [5.41, 5.74) is -0.123. The number of hydrogen-bond acceptors (Lipinski definition) is 3. The maximum atomic E-state index is 11.9. The van der Waals surface area contributed by atoms with Gasteiger partial charge in [0.05, 0.1) is 19.3 Å². The Kier molecular flexibility index (Phi) is 18.6. The molecule has 0 amide bonds.